The van der Waals surface area contributed by atoms with Crippen molar-refractivity contribution in [2.45, 2.75) is 32.2 Å². The van der Waals surface area contributed by atoms with Gasteiger partial charge in [0, 0.05) is 25.7 Å². The molecule has 1 atom stereocenters. The number of carbonyl (C=O) groups excluding carboxylic acids is 1. The van der Waals surface area contributed by atoms with E-state index >= 15 is 0 Å². The molecule has 0 aliphatic carbocycles. The average Bonchev–Trinajstić information content (AvgIpc) is 2.94. The van der Waals surface area contributed by atoms with E-state index in [1.807, 2.05) is 6.92 Å². The number of nitrogens with zero attached hydrogens (tertiary/aromatic N) is 2. The van der Waals surface area contributed by atoms with Gasteiger partial charge in [-0.25, -0.2) is 13.2 Å². The number of hydrogen-bond acceptors (Lipinski definition) is 3. The third kappa shape index (κ3) is 3.89. The molecule has 1 unspecified atom stereocenters. The number of rotatable bonds is 2. The summed E-state index contributed by atoms with van der Waals surface area (Å²) in [5.74, 6) is 0.202. The van der Waals surface area contributed by atoms with Crippen LogP contribution in [0.5, 0.6) is 0 Å². The van der Waals surface area contributed by atoms with Crippen molar-refractivity contribution in [2.24, 2.45) is 0 Å². The normalized spacial score (nSPS) is 23.6. The topological polar surface area (TPSA) is 69.7 Å². The molecule has 3 rings (SSSR count). The molecule has 0 spiro atoms. The quantitative estimate of drug-likeness (QED) is 0.819. The second-order valence-corrected chi connectivity index (χ2v) is 9.31. The highest BCUT2D eigenvalue weighted by molar-refractivity contribution is 7.89. The standard InChI is InChI=1S/C16H21Cl2N3O3S/c1-11-5-6-13(15(18)14(11)17)19-16(22)20-7-2-4-12(10-20)21-8-3-9-25(21,23)24/h5-6,12H,2-4,7-10H2,1H3,(H,19,22). The Hall–Kier alpha value is -1.02. The molecule has 0 radical (unpaired) electrons. The van der Waals surface area contributed by atoms with Gasteiger partial charge in [-0.3, -0.25) is 0 Å². The zero-order valence-electron chi connectivity index (χ0n) is 14.0. The van der Waals surface area contributed by atoms with Crippen molar-refractivity contribution in [3.05, 3.63) is 27.7 Å². The predicted octanol–water partition coefficient (Wildman–Crippen LogP) is 3.33. The highest BCUT2D eigenvalue weighted by atomic mass is 35.5. The zero-order valence-corrected chi connectivity index (χ0v) is 16.3. The van der Waals surface area contributed by atoms with E-state index in [4.69, 9.17) is 23.2 Å². The molecule has 2 heterocycles. The maximum Gasteiger partial charge on any atom is 0.321 e. The summed E-state index contributed by atoms with van der Waals surface area (Å²) in [7, 11) is -3.18. The first-order valence-corrected chi connectivity index (χ1v) is 10.7. The van der Waals surface area contributed by atoms with Crippen LogP contribution in [0.25, 0.3) is 0 Å². The van der Waals surface area contributed by atoms with Crippen molar-refractivity contribution in [3.63, 3.8) is 0 Å². The summed E-state index contributed by atoms with van der Waals surface area (Å²) in [4.78, 5) is 14.2. The summed E-state index contributed by atoms with van der Waals surface area (Å²) in [6, 6.07) is 3.07. The Kier molecular flexibility index (Phi) is 5.48. The fraction of sp³-hybridized carbons (Fsp3) is 0.562. The molecule has 0 aromatic heterocycles. The number of hydrogen-bond donors (Lipinski definition) is 1. The fourth-order valence-corrected chi connectivity index (χ4v) is 5.57. The van der Waals surface area contributed by atoms with Crippen LogP contribution in [0.15, 0.2) is 12.1 Å². The number of anilines is 1. The number of carbonyl (C=O) groups is 1. The van der Waals surface area contributed by atoms with Crippen LogP contribution in [0.4, 0.5) is 10.5 Å². The molecule has 138 valence electrons. The molecule has 2 aliphatic heterocycles. The lowest BCUT2D eigenvalue weighted by atomic mass is 10.1. The number of aryl methyl sites for hydroxylation is 1. The van der Waals surface area contributed by atoms with E-state index in [-0.39, 0.29) is 17.8 Å². The Morgan fingerprint density at radius 1 is 1.20 bits per heavy atom. The number of urea groups is 1. The second-order valence-electron chi connectivity index (χ2n) is 6.51. The lowest BCUT2D eigenvalue weighted by Gasteiger charge is -2.36. The minimum atomic E-state index is -3.18. The molecular weight excluding hydrogens is 385 g/mol. The van der Waals surface area contributed by atoms with Gasteiger partial charge in [0.15, 0.2) is 0 Å². The summed E-state index contributed by atoms with van der Waals surface area (Å²) < 4.78 is 25.8. The van der Waals surface area contributed by atoms with E-state index in [2.05, 4.69) is 5.32 Å². The Balaban J connectivity index is 1.69. The van der Waals surface area contributed by atoms with E-state index in [0.717, 1.165) is 18.4 Å². The van der Waals surface area contributed by atoms with Gasteiger partial charge in [-0.15, -0.1) is 0 Å². The van der Waals surface area contributed by atoms with Gasteiger partial charge in [0.2, 0.25) is 10.0 Å². The molecule has 2 fully saturated rings. The largest absolute Gasteiger partial charge is 0.323 e. The van der Waals surface area contributed by atoms with Gasteiger partial charge >= 0.3 is 6.03 Å². The number of nitrogens with one attached hydrogen (secondary N) is 1. The molecule has 2 amide bonds. The monoisotopic (exact) mass is 405 g/mol. The van der Waals surface area contributed by atoms with Crippen molar-refractivity contribution >= 4 is 44.9 Å². The van der Waals surface area contributed by atoms with Crippen molar-refractivity contribution < 1.29 is 13.2 Å². The third-order valence-electron chi connectivity index (χ3n) is 4.75. The molecule has 0 bridgehead atoms. The summed E-state index contributed by atoms with van der Waals surface area (Å²) in [5.41, 5.74) is 1.29. The van der Waals surface area contributed by atoms with Crippen LogP contribution in [-0.4, -0.2) is 55.1 Å². The van der Waals surface area contributed by atoms with E-state index in [9.17, 15) is 13.2 Å². The number of benzene rings is 1. The van der Waals surface area contributed by atoms with Crippen molar-refractivity contribution in [1.82, 2.24) is 9.21 Å². The van der Waals surface area contributed by atoms with Gasteiger partial charge < -0.3 is 10.2 Å². The summed E-state index contributed by atoms with van der Waals surface area (Å²) in [6.45, 7) is 3.36. The average molecular weight is 406 g/mol. The van der Waals surface area contributed by atoms with Gasteiger partial charge in [-0.2, -0.15) is 4.31 Å². The van der Waals surface area contributed by atoms with Gasteiger partial charge in [0.05, 0.1) is 21.5 Å². The van der Waals surface area contributed by atoms with E-state index in [1.54, 1.807) is 21.3 Å². The van der Waals surface area contributed by atoms with Crippen molar-refractivity contribution in [2.75, 3.05) is 30.7 Å². The number of sulfonamides is 1. The first kappa shape index (κ1) is 18.8. The maximum atomic E-state index is 12.6. The minimum absolute atomic E-state index is 0.149. The van der Waals surface area contributed by atoms with Gasteiger partial charge in [0.1, 0.15) is 0 Å². The summed E-state index contributed by atoms with van der Waals surface area (Å²) in [6.07, 6.45) is 2.20. The molecule has 9 heteroatoms. The molecular formula is C16H21Cl2N3O3S. The molecule has 1 aromatic carbocycles. The van der Waals surface area contributed by atoms with Crippen molar-refractivity contribution in [1.29, 1.82) is 0 Å². The summed E-state index contributed by atoms with van der Waals surface area (Å²) >= 11 is 12.3. The Labute approximate surface area is 158 Å². The molecule has 2 aliphatic rings. The van der Waals surface area contributed by atoms with Gasteiger partial charge in [-0.1, -0.05) is 29.3 Å². The first-order chi connectivity index (χ1) is 11.8. The molecule has 2 saturated heterocycles. The molecule has 0 saturated carbocycles. The van der Waals surface area contributed by atoms with Crippen LogP contribution < -0.4 is 5.32 Å². The number of halogens is 2. The lowest BCUT2D eigenvalue weighted by molar-refractivity contribution is 0.163. The maximum absolute atomic E-state index is 12.6. The Morgan fingerprint density at radius 3 is 2.64 bits per heavy atom. The van der Waals surface area contributed by atoms with Crippen LogP contribution in [0.1, 0.15) is 24.8 Å². The molecule has 6 nitrogen and oxygen atoms in total. The smallest absolute Gasteiger partial charge is 0.321 e. The molecule has 1 N–H and O–H groups in total. The Bertz CT molecular complexity index is 785. The SMILES string of the molecule is Cc1ccc(NC(=O)N2CCCC(N3CCCS3(=O)=O)C2)c(Cl)c1Cl. The van der Waals surface area contributed by atoms with Crippen LogP contribution in [-0.2, 0) is 10.0 Å². The second kappa shape index (κ2) is 7.31. The number of piperidine rings is 1. The number of likely N-dealkylation sites (tertiary alicyclic amines) is 1. The molecule has 25 heavy (non-hydrogen) atoms. The van der Waals surface area contributed by atoms with Crippen molar-refractivity contribution in [3.8, 4) is 0 Å². The van der Waals surface area contributed by atoms with Gasteiger partial charge in [0.25, 0.3) is 0 Å². The summed E-state index contributed by atoms with van der Waals surface area (Å²) in [5, 5.41) is 3.51. The number of amides is 2. The third-order valence-corrected chi connectivity index (χ3v) is 7.72. The minimum Gasteiger partial charge on any atom is -0.323 e. The first-order valence-electron chi connectivity index (χ1n) is 8.29. The van der Waals surface area contributed by atoms with E-state index in [0.29, 0.717) is 41.8 Å². The van der Waals surface area contributed by atoms with Gasteiger partial charge in [-0.05, 0) is 37.8 Å². The zero-order chi connectivity index (χ0) is 18.2. The van der Waals surface area contributed by atoms with E-state index in [1.165, 1.54) is 0 Å². The van der Waals surface area contributed by atoms with Crippen LogP contribution in [0, 0.1) is 6.92 Å². The predicted molar refractivity (Wildman–Crippen MR) is 99.9 cm³/mol. The lowest BCUT2D eigenvalue weighted by Crippen LogP contribution is -2.51. The highest BCUT2D eigenvalue weighted by Gasteiger charge is 2.37. The van der Waals surface area contributed by atoms with Crippen LogP contribution >= 0.6 is 23.2 Å². The Morgan fingerprint density at radius 2 is 1.96 bits per heavy atom. The highest BCUT2D eigenvalue weighted by Crippen LogP contribution is 2.33. The van der Waals surface area contributed by atoms with Crippen LogP contribution in [0.2, 0.25) is 10.0 Å². The fourth-order valence-electron chi connectivity index (χ4n) is 3.38. The molecule has 1 aromatic rings. The van der Waals surface area contributed by atoms with Crippen LogP contribution in [0.3, 0.4) is 0 Å². The van der Waals surface area contributed by atoms with E-state index < -0.39 is 10.0 Å².